The summed E-state index contributed by atoms with van der Waals surface area (Å²) < 4.78 is 16.4. The maximum atomic E-state index is 12.3. The molecule has 3 atom stereocenters. The molecule has 1 rings (SSSR count). The third-order valence-electron chi connectivity index (χ3n) is 9.54. The molecule has 0 radical (unpaired) electrons. The summed E-state index contributed by atoms with van der Waals surface area (Å²) >= 11 is 0. The summed E-state index contributed by atoms with van der Waals surface area (Å²) in [5, 5.41) is 9.59. The molecule has 0 bridgehead atoms. The lowest BCUT2D eigenvalue weighted by Gasteiger charge is -2.15. The van der Waals surface area contributed by atoms with Crippen LogP contribution < -0.4 is 0 Å². The first-order valence-electron chi connectivity index (χ1n) is 21.0. The lowest BCUT2D eigenvalue weighted by molar-refractivity contribution is -0.161. The molecule has 1 aliphatic rings. The summed E-state index contributed by atoms with van der Waals surface area (Å²) in [6.45, 7) is 6.41. The Kier molecular flexibility index (Phi) is 31.5. The van der Waals surface area contributed by atoms with Gasteiger partial charge in [-0.2, -0.15) is 0 Å². The number of unbranched alkanes of at least 4 members (excludes halogenated alkanes) is 17. The third kappa shape index (κ3) is 30.9. The van der Waals surface area contributed by atoms with E-state index >= 15 is 0 Å². The smallest absolute Gasteiger partial charge is 0.306 e. The van der Waals surface area contributed by atoms with Crippen molar-refractivity contribution in [2.75, 3.05) is 13.2 Å². The molecule has 290 valence electrons. The van der Waals surface area contributed by atoms with Gasteiger partial charge in [0.05, 0.1) is 18.8 Å². The van der Waals surface area contributed by atoms with Gasteiger partial charge in [-0.15, -0.1) is 0 Å². The third-order valence-corrected chi connectivity index (χ3v) is 9.54. The first-order chi connectivity index (χ1) is 24.5. The first kappa shape index (κ1) is 46.1. The number of epoxide rings is 1. The number of ether oxygens (including phenoxy) is 3. The number of rotatable bonds is 36. The lowest BCUT2D eigenvalue weighted by Crippen LogP contribution is -2.28. The number of aliphatic hydroxyl groups excluding tert-OH is 1. The molecule has 0 aliphatic carbocycles. The monoisotopic (exact) mass is 703 g/mol. The number of carbonyl (C=O) groups excluding carboxylic acids is 2. The van der Waals surface area contributed by atoms with E-state index in [1.54, 1.807) is 0 Å². The second kappa shape index (κ2) is 34.2. The van der Waals surface area contributed by atoms with Crippen LogP contribution in [-0.4, -0.2) is 48.6 Å². The minimum absolute atomic E-state index is 0.0928. The van der Waals surface area contributed by atoms with Crippen LogP contribution in [0.4, 0.5) is 0 Å². The topological polar surface area (TPSA) is 85.4 Å². The fourth-order valence-electron chi connectivity index (χ4n) is 6.24. The second-order valence-electron chi connectivity index (χ2n) is 14.9. The van der Waals surface area contributed by atoms with E-state index in [1.165, 1.54) is 109 Å². The minimum Gasteiger partial charge on any atom is -0.462 e. The molecule has 1 saturated heterocycles. The van der Waals surface area contributed by atoms with Crippen molar-refractivity contribution in [2.45, 2.75) is 212 Å². The van der Waals surface area contributed by atoms with Gasteiger partial charge in [-0.25, -0.2) is 0 Å². The van der Waals surface area contributed by atoms with Crippen LogP contribution in [0.15, 0.2) is 36.5 Å². The highest BCUT2D eigenvalue weighted by atomic mass is 16.6. The van der Waals surface area contributed by atoms with Gasteiger partial charge >= 0.3 is 11.9 Å². The van der Waals surface area contributed by atoms with Crippen LogP contribution in [0, 0.1) is 5.92 Å². The van der Waals surface area contributed by atoms with Gasteiger partial charge < -0.3 is 19.3 Å². The Morgan fingerprint density at radius 2 is 1.18 bits per heavy atom. The van der Waals surface area contributed by atoms with Gasteiger partial charge in [0.25, 0.3) is 0 Å². The fraction of sp³-hybridized carbons (Fsp3) is 0.818. The van der Waals surface area contributed by atoms with Gasteiger partial charge in [-0.3, -0.25) is 9.59 Å². The summed E-state index contributed by atoms with van der Waals surface area (Å²) in [6, 6.07) is 0. The highest BCUT2D eigenvalue weighted by Crippen LogP contribution is 2.30. The number of aliphatic hydroxyl groups is 1. The molecule has 1 aliphatic heterocycles. The summed E-state index contributed by atoms with van der Waals surface area (Å²) in [5.41, 5.74) is 0. The lowest BCUT2D eigenvalue weighted by atomic mass is 10.0. The Balaban J connectivity index is 1.91. The number of hydrogen-bond donors (Lipinski definition) is 1. The predicted molar refractivity (Wildman–Crippen MR) is 209 cm³/mol. The standard InChI is InChI=1S/C44H78O6/c1-4-5-6-7-8-9-10-17-20-23-26-29-33-41-42(50-41)34-31-36-44(47)49-40(37-45)38-48-43(46)35-30-27-24-21-18-15-13-11-12-14-16-19-22-25-28-32-39(2)3/h8-9,17,20,26,29,39-42,45H,4-7,10-16,18-19,21-25,27-28,30-38H2,1-3H3/b9-8-,20-17-,29-26-/t40-,41?,42?/m0/s1. The zero-order valence-corrected chi connectivity index (χ0v) is 32.8. The van der Waals surface area contributed by atoms with Gasteiger partial charge in [0.2, 0.25) is 0 Å². The van der Waals surface area contributed by atoms with Crippen LogP contribution >= 0.6 is 0 Å². The van der Waals surface area contributed by atoms with Crippen molar-refractivity contribution in [1.82, 2.24) is 0 Å². The van der Waals surface area contributed by atoms with E-state index in [1.807, 2.05) is 0 Å². The van der Waals surface area contributed by atoms with Crippen LogP contribution in [-0.2, 0) is 23.8 Å². The molecule has 0 aromatic carbocycles. The van der Waals surface area contributed by atoms with E-state index in [0.717, 1.165) is 50.9 Å². The van der Waals surface area contributed by atoms with Crippen molar-refractivity contribution < 1.29 is 28.9 Å². The molecule has 1 N–H and O–H groups in total. The van der Waals surface area contributed by atoms with Crippen molar-refractivity contribution in [3.05, 3.63) is 36.5 Å². The molecule has 0 spiro atoms. The van der Waals surface area contributed by atoms with E-state index in [2.05, 4.69) is 57.2 Å². The van der Waals surface area contributed by atoms with E-state index in [9.17, 15) is 14.7 Å². The molecule has 0 aromatic rings. The number of carbonyl (C=O) groups is 2. The Bertz CT molecular complexity index is 878. The Morgan fingerprint density at radius 3 is 1.76 bits per heavy atom. The molecule has 50 heavy (non-hydrogen) atoms. The maximum Gasteiger partial charge on any atom is 0.306 e. The molecule has 1 fully saturated rings. The quantitative estimate of drug-likeness (QED) is 0.0303. The average molecular weight is 703 g/mol. The van der Waals surface area contributed by atoms with Crippen LogP contribution in [0.2, 0.25) is 0 Å². The van der Waals surface area contributed by atoms with E-state index in [-0.39, 0.29) is 43.8 Å². The molecule has 0 saturated carbocycles. The molecular weight excluding hydrogens is 624 g/mol. The zero-order chi connectivity index (χ0) is 36.3. The average Bonchev–Trinajstić information content (AvgIpc) is 3.85. The summed E-state index contributed by atoms with van der Waals surface area (Å²) in [6.07, 6.45) is 43.7. The van der Waals surface area contributed by atoms with Gasteiger partial charge in [-0.05, 0) is 57.3 Å². The normalized spacial score (nSPS) is 16.7. The molecule has 2 unspecified atom stereocenters. The van der Waals surface area contributed by atoms with Gasteiger partial charge in [0.1, 0.15) is 6.61 Å². The Hall–Kier alpha value is -1.92. The Labute approximate surface area is 308 Å². The summed E-state index contributed by atoms with van der Waals surface area (Å²) in [5.74, 6) is 0.189. The SMILES string of the molecule is CCCCC/C=C\C/C=C\C/C=C\CC1OC1CCCC(=O)O[C@@H](CO)COC(=O)CCCCCCCCCCCCCCCCCC(C)C. The molecule has 6 heteroatoms. The summed E-state index contributed by atoms with van der Waals surface area (Å²) in [7, 11) is 0. The first-order valence-corrected chi connectivity index (χ1v) is 21.0. The minimum atomic E-state index is -0.808. The molecule has 6 nitrogen and oxygen atoms in total. The van der Waals surface area contributed by atoms with E-state index in [0.29, 0.717) is 12.8 Å². The van der Waals surface area contributed by atoms with Crippen LogP contribution in [0.3, 0.4) is 0 Å². The number of hydrogen-bond acceptors (Lipinski definition) is 6. The molecule has 0 aromatic heterocycles. The van der Waals surface area contributed by atoms with Gasteiger partial charge in [0.15, 0.2) is 6.10 Å². The highest BCUT2D eigenvalue weighted by molar-refractivity contribution is 5.70. The maximum absolute atomic E-state index is 12.3. The van der Waals surface area contributed by atoms with Crippen molar-refractivity contribution in [3.8, 4) is 0 Å². The van der Waals surface area contributed by atoms with Gasteiger partial charge in [0, 0.05) is 12.8 Å². The van der Waals surface area contributed by atoms with Crippen LogP contribution in [0.5, 0.6) is 0 Å². The van der Waals surface area contributed by atoms with Crippen molar-refractivity contribution in [3.63, 3.8) is 0 Å². The highest BCUT2D eigenvalue weighted by Gasteiger charge is 2.36. The largest absolute Gasteiger partial charge is 0.462 e. The van der Waals surface area contributed by atoms with Crippen molar-refractivity contribution in [2.24, 2.45) is 5.92 Å². The molecule has 1 heterocycles. The van der Waals surface area contributed by atoms with Crippen LogP contribution in [0.25, 0.3) is 0 Å². The molecule has 0 amide bonds. The second-order valence-corrected chi connectivity index (χ2v) is 14.9. The van der Waals surface area contributed by atoms with E-state index < -0.39 is 6.10 Å². The number of allylic oxidation sites excluding steroid dienone is 5. The fourth-order valence-corrected chi connectivity index (χ4v) is 6.24. The van der Waals surface area contributed by atoms with E-state index in [4.69, 9.17) is 14.2 Å². The van der Waals surface area contributed by atoms with Crippen molar-refractivity contribution in [1.29, 1.82) is 0 Å². The molecular formula is C44H78O6. The summed E-state index contributed by atoms with van der Waals surface area (Å²) in [4.78, 5) is 24.4. The Morgan fingerprint density at radius 1 is 0.640 bits per heavy atom. The number of esters is 2. The van der Waals surface area contributed by atoms with Crippen LogP contribution in [0.1, 0.15) is 194 Å². The van der Waals surface area contributed by atoms with Gasteiger partial charge in [-0.1, -0.05) is 166 Å². The zero-order valence-electron chi connectivity index (χ0n) is 32.8. The predicted octanol–water partition coefficient (Wildman–Crippen LogP) is 12.1. The van der Waals surface area contributed by atoms with Crippen molar-refractivity contribution >= 4 is 11.9 Å².